The van der Waals surface area contributed by atoms with Crippen LogP contribution in [0, 0.1) is 0 Å². The maximum atomic E-state index is 12.8. The van der Waals surface area contributed by atoms with Crippen molar-refractivity contribution in [3.8, 4) is 11.3 Å². The zero-order valence-corrected chi connectivity index (χ0v) is 14.6. The molecule has 2 aliphatic rings. The van der Waals surface area contributed by atoms with Crippen molar-refractivity contribution in [2.24, 2.45) is 0 Å². The van der Waals surface area contributed by atoms with Gasteiger partial charge in [-0.05, 0) is 31.2 Å². The van der Waals surface area contributed by atoms with E-state index in [0.717, 1.165) is 35.6 Å². The van der Waals surface area contributed by atoms with E-state index >= 15 is 0 Å². The molecular formula is C20H26N3O+. The van der Waals surface area contributed by atoms with Crippen molar-refractivity contribution >= 4 is 0 Å². The van der Waals surface area contributed by atoms with Gasteiger partial charge in [-0.2, -0.15) is 0 Å². The summed E-state index contributed by atoms with van der Waals surface area (Å²) in [6.45, 7) is 7.49. The van der Waals surface area contributed by atoms with E-state index in [1.54, 1.807) is 0 Å². The zero-order valence-electron chi connectivity index (χ0n) is 14.6. The quantitative estimate of drug-likeness (QED) is 0.886. The molecule has 2 aromatic rings. The maximum absolute atomic E-state index is 12.8. The van der Waals surface area contributed by atoms with Crippen LogP contribution in [-0.2, 0) is 18.4 Å². The SMILES string of the molecule is CC1(C)Cc2ccccc2-c2nc(C[NH+]3CCCCC3)[nH]c(=O)c21. The first-order valence-corrected chi connectivity index (χ1v) is 9.10. The number of rotatable bonds is 2. The molecule has 24 heavy (non-hydrogen) atoms. The second-order valence-electron chi connectivity index (χ2n) is 7.94. The largest absolute Gasteiger partial charge is 0.329 e. The lowest BCUT2D eigenvalue weighted by Crippen LogP contribution is -3.11. The topological polar surface area (TPSA) is 50.2 Å². The molecule has 0 unspecified atom stereocenters. The van der Waals surface area contributed by atoms with Crippen molar-refractivity contribution < 1.29 is 4.90 Å². The molecule has 1 aromatic carbocycles. The average molecular weight is 324 g/mol. The second kappa shape index (κ2) is 5.85. The van der Waals surface area contributed by atoms with E-state index in [0.29, 0.717) is 0 Å². The van der Waals surface area contributed by atoms with Crippen LogP contribution in [0.3, 0.4) is 0 Å². The third kappa shape index (κ3) is 2.69. The average Bonchev–Trinajstić information content (AvgIpc) is 2.54. The first-order valence-electron chi connectivity index (χ1n) is 9.10. The lowest BCUT2D eigenvalue weighted by molar-refractivity contribution is -0.919. The second-order valence-corrected chi connectivity index (χ2v) is 7.94. The molecule has 0 spiro atoms. The molecule has 0 bridgehead atoms. The highest BCUT2D eigenvalue weighted by Crippen LogP contribution is 2.39. The van der Waals surface area contributed by atoms with Gasteiger partial charge in [-0.25, -0.2) is 4.98 Å². The summed E-state index contributed by atoms with van der Waals surface area (Å²) >= 11 is 0. The number of quaternary nitrogens is 1. The number of piperidine rings is 1. The predicted molar refractivity (Wildman–Crippen MR) is 95.3 cm³/mol. The Morgan fingerprint density at radius 1 is 1.17 bits per heavy atom. The summed E-state index contributed by atoms with van der Waals surface area (Å²) < 4.78 is 0. The van der Waals surface area contributed by atoms with Crippen LogP contribution in [0.5, 0.6) is 0 Å². The van der Waals surface area contributed by atoms with Crippen LogP contribution in [0.2, 0.25) is 0 Å². The van der Waals surface area contributed by atoms with Gasteiger partial charge in [0.2, 0.25) is 0 Å². The third-order valence-corrected chi connectivity index (χ3v) is 5.53. The summed E-state index contributed by atoms with van der Waals surface area (Å²) in [6.07, 6.45) is 4.78. The highest BCUT2D eigenvalue weighted by atomic mass is 16.1. The van der Waals surface area contributed by atoms with Crippen molar-refractivity contribution in [1.29, 1.82) is 0 Å². The van der Waals surface area contributed by atoms with E-state index in [1.165, 1.54) is 42.8 Å². The number of nitrogens with one attached hydrogen (secondary N) is 2. The molecule has 2 heterocycles. The maximum Gasteiger partial charge on any atom is 0.255 e. The summed E-state index contributed by atoms with van der Waals surface area (Å²) in [5, 5.41) is 0. The van der Waals surface area contributed by atoms with Gasteiger partial charge in [0.15, 0.2) is 5.82 Å². The van der Waals surface area contributed by atoms with Crippen molar-refractivity contribution in [2.75, 3.05) is 13.1 Å². The number of aromatic nitrogens is 2. The first-order chi connectivity index (χ1) is 11.5. The van der Waals surface area contributed by atoms with Gasteiger partial charge in [0.1, 0.15) is 6.54 Å². The highest BCUT2D eigenvalue weighted by Gasteiger charge is 2.35. The molecular weight excluding hydrogens is 298 g/mol. The van der Waals surface area contributed by atoms with Crippen LogP contribution in [0.1, 0.15) is 50.1 Å². The monoisotopic (exact) mass is 324 g/mol. The summed E-state index contributed by atoms with van der Waals surface area (Å²) in [4.78, 5) is 22.4. The van der Waals surface area contributed by atoms with E-state index < -0.39 is 0 Å². The Morgan fingerprint density at radius 2 is 1.92 bits per heavy atom. The van der Waals surface area contributed by atoms with Crippen LogP contribution in [0.4, 0.5) is 0 Å². The van der Waals surface area contributed by atoms with Crippen LogP contribution in [0.25, 0.3) is 11.3 Å². The fraction of sp³-hybridized carbons (Fsp3) is 0.500. The Labute approximate surface area is 142 Å². The van der Waals surface area contributed by atoms with Gasteiger partial charge >= 0.3 is 0 Å². The summed E-state index contributed by atoms with van der Waals surface area (Å²) in [7, 11) is 0. The van der Waals surface area contributed by atoms with Gasteiger partial charge in [-0.3, -0.25) is 4.79 Å². The number of hydrogen-bond donors (Lipinski definition) is 2. The molecule has 2 N–H and O–H groups in total. The minimum Gasteiger partial charge on any atom is -0.329 e. The molecule has 0 amide bonds. The molecule has 4 rings (SSSR count). The van der Waals surface area contributed by atoms with Gasteiger partial charge in [0.05, 0.1) is 18.8 Å². The number of H-pyrrole nitrogens is 1. The Kier molecular flexibility index (Phi) is 3.80. The van der Waals surface area contributed by atoms with E-state index in [2.05, 4.69) is 37.0 Å². The van der Waals surface area contributed by atoms with E-state index in [-0.39, 0.29) is 11.0 Å². The number of hydrogen-bond acceptors (Lipinski definition) is 2. The minimum atomic E-state index is -0.180. The standard InChI is InChI=1S/C20H25N3O/c1-20(2)12-14-8-4-5-9-15(14)18-17(20)19(24)22-16(21-18)13-23-10-6-3-7-11-23/h4-5,8-9H,3,6-7,10-13H2,1-2H3,(H,21,22,24)/p+1. The Hall–Kier alpha value is -1.94. The normalized spacial score (nSPS) is 19.6. The van der Waals surface area contributed by atoms with Gasteiger partial charge in [-0.1, -0.05) is 38.1 Å². The number of fused-ring (bicyclic) bond motifs is 3. The van der Waals surface area contributed by atoms with Crippen LogP contribution >= 0.6 is 0 Å². The third-order valence-electron chi connectivity index (χ3n) is 5.53. The van der Waals surface area contributed by atoms with Crippen LogP contribution in [-0.4, -0.2) is 23.1 Å². The molecule has 4 heteroatoms. The van der Waals surface area contributed by atoms with Crippen LogP contribution in [0.15, 0.2) is 29.1 Å². The van der Waals surface area contributed by atoms with Gasteiger partial charge < -0.3 is 9.88 Å². The van der Waals surface area contributed by atoms with Crippen LogP contribution < -0.4 is 10.5 Å². The molecule has 4 nitrogen and oxygen atoms in total. The van der Waals surface area contributed by atoms with Crippen molar-refractivity contribution in [3.05, 3.63) is 51.6 Å². The molecule has 0 saturated carbocycles. The highest BCUT2D eigenvalue weighted by molar-refractivity contribution is 5.71. The lowest BCUT2D eigenvalue weighted by atomic mass is 9.72. The summed E-state index contributed by atoms with van der Waals surface area (Å²) in [5.74, 6) is 0.836. The van der Waals surface area contributed by atoms with Gasteiger partial charge in [-0.15, -0.1) is 0 Å². The molecule has 0 radical (unpaired) electrons. The fourth-order valence-electron chi connectivity index (χ4n) is 4.36. The van der Waals surface area contributed by atoms with Crippen molar-refractivity contribution in [2.45, 2.75) is 51.5 Å². The minimum absolute atomic E-state index is 0.0471. The predicted octanol–water partition coefficient (Wildman–Crippen LogP) is 1.84. The first kappa shape index (κ1) is 15.6. The van der Waals surface area contributed by atoms with Crippen molar-refractivity contribution in [1.82, 2.24) is 9.97 Å². The number of nitrogens with zero attached hydrogens (tertiary/aromatic N) is 1. The molecule has 1 aliphatic carbocycles. The fourth-order valence-corrected chi connectivity index (χ4v) is 4.36. The lowest BCUT2D eigenvalue weighted by Gasteiger charge is -2.32. The summed E-state index contributed by atoms with van der Waals surface area (Å²) in [6, 6.07) is 8.39. The molecule has 126 valence electrons. The number of aromatic amines is 1. The Bertz CT molecular complexity index is 816. The van der Waals surface area contributed by atoms with Gasteiger partial charge in [0.25, 0.3) is 5.56 Å². The molecule has 0 atom stereocenters. The number of benzene rings is 1. The smallest absolute Gasteiger partial charge is 0.255 e. The Morgan fingerprint density at radius 3 is 2.71 bits per heavy atom. The molecule has 1 aliphatic heterocycles. The van der Waals surface area contributed by atoms with Gasteiger partial charge in [0, 0.05) is 16.5 Å². The Balaban J connectivity index is 1.80. The summed E-state index contributed by atoms with van der Waals surface area (Å²) in [5.41, 5.74) is 4.04. The molecule has 1 aromatic heterocycles. The van der Waals surface area contributed by atoms with E-state index in [9.17, 15) is 4.79 Å². The number of likely N-dealkylation sites (tertiary alicyclic amines) is 1. The van der Waals surface area contributed by atoms with Crippen molar-refractivity contribution in [3.63, 3.8) is 0 Å². The van der Waals surface area contributed by atoms with E-state index in [1.807, 2.05) is 6.07 Å². The molecule has 1 saturated heterocycles. The molecule has 1 fully saturated rings. The van der Waals surface area contributed by atoms with E-state index in [4.69, 9.17) is 4.98 Å². The zero-order chi connectivity index (χ0) is 16.7.